The normalized spacial score (nSPS) is 21.6. The predicted octanol–water partition coefficient (Wildman–Crippen LogP) is 1.77. The van der Waals surface area contributed by atoms with Crippen LogP contribution in [-0.2, 0) is 0 Å². The first kappa shape index (κ1) is 19.3. The van der Waals surface area contributed by atoms with Gasteiger partial charge in [-0.1, -0.05) is 0 Å². The Hall–Kier alpha value is -1.50. The van der Waals surface area contributed by atoms with Crippen LogP contribution in [0.4, 0.5) is 11.4 Å². The minimum absolute atomic E-state index is 0.251. The lowest BCUT2D eigenvalue weighted by Gasteiger charge is -2.47. The Bertz CT molecular complexity index is 578. The van der Waals surface area contributed by atoms with Crippen molar-refractivity contribution < 1.29 is 14.9 Å². The van der Waals surface area contributed by atoms with E-state index in [1.54, 1.807) is 7.11 Å². The number of likely N-dealkylation sites (tertiary alicyclic amines) is 1. The summed E-state index contributed by atoms with van der Waals surface area (Å²) in [5, 5.41) is 21.6. The summed E-state index contributed by atoms with van der Waals surface area (Å²) >= 11 is 0. The zero-order chi connectivity index (χ0) is 18.6. The van der Waals surface area contributed by atoms with Crippen molar-refractivity contribution in [2.24, 2.45) is 5.41 Å². The molecular weight excluding hydrogens is 330 g/mol. The molecule has 1 spiro atoms. The molecular formula is C20H33N3O3. The lowest BCUT2D eigenvalue weighted by Crippen LogP contribution is -2.46. The number of piperidine rings is 2. The standard InChI is InChI=1S/C20H33N3O3/c1-22-9-5-20(6-10-22)7-11-23(12-8-20)16-3-4-18(19(13-16)26-2)21-14-17(25)15-24/h3-4,13,17,21,24-25H,5-12,14-15H2,1-2H3. The molecule has 0 aromatic heterocycles. The van der Waals surface area contributed by atoms with Crippen molar-refractivity contribution in [1.29, 1.82) is 0 Å². The molecule has 2 saturated heterocycles. The molecule has 2 aliphatic heterocycles. The third kappa shape index (κ3) is 4.42. The molecule has 0 bridgehead atoms. The van der Waals surface area contributed by atoms with Gasteiger partial charge in [-0.15, -0.1) is 0 Å². The van der Waals surface area contributed by atoms with Crippen LogP contribution in [0.2, 0.25) is 0 Å². The van der Waals surface area contributed by atoms with Crippen molar-refractivity contribution in [3.8, 4) is 5.75 Å². The minimum Gasteiger partial charge on any atom is -0.495 e. The Morgan fingerprint density at radius 1 is 1.15 bits per heavy atom. The summed E-state index contributed by atoms with van der Waals surface area (Å²) in [6.45, 7) is 4.71. The lowest BCUT2D eigenvalue weighted by atomic mass is 9.71. The van der Waals surface area contributed by atoms with Crippen LogP contribution in [0.25, 0.3) is 0 Å². The van der Waals surface area contributed by atoms with Crippen molar-refractivity contribution in [2.45, 2.75) is 31.8 Å². The highest BCUT2D eigenvalue weighted by Gasteiger charge is 2.36. The molecule has 1 aromatic rings. The zero-order valence-electron chi connectivity index (χ0n) is 16.1. The smallest absolute Gasteiger partial charge is 0.144 e. The highest BCUT2D eigenvalue weighted by molar-refractivity contribution is 5.64. The average molecular weight is 364 g/mol. The molecule has 0 aliphatic carbocycles. The van der Waals surface area contributed by atoms with E-state index < -0.39 is 6.10 Å². The minimum atomic E-state index is -0.771. The molecule has 6 heteroatoms. The maximum absolute atomic E-state index is 9.51. The molecule has 3 N–H and O–H groups in total. The number of rotatable bonds is 6. The second-order valence-corrected chi connectivity index (χ2v) is 7.89. The number of hydrogen-bond acceptors (Lipinski definition) is 6. The Labute approximate surface area is 156 Å². The molecule has 2 fully saturated rings. The van der Waals surface area contributed by atoms with Crippen LogP contribution in [0.5, 0.6) is 5.75 Å². The van der Waals surface area contributed by atoms with Crippen LogP contribution in [0.1, 0.15) is 25.7 Å². The summed E-state index contributed by atoms with van der Waals surface area (Å²) in [5.41, 5.74) is 2.58. The Morgan fingerprint density at radius 2 is 1.81 bits per heavy atom. The van der Waals surface area contributed by atoms with Crippen LogP contribution in [0.15, 0.2) is 18.2 Å². The molecule has 146 valence electrons. The van der Waals surface area contributed by atoms with E-state index in [1.807, 2.05) is 6.07 Å². The number of ether oxygens (including phenoxy) is 1. The number of nitrogens with one attached hydrogen (secondary N) is 1. The number of aliphatic hydroxyl groups is 2. The van der Waals surface area contributed by atoms with E-state index in [1.165, 1.54) is 44.5 Å². The third-order valence-electron chi connectivity index (χ3n) is 6.16. The third-order valence-corrected chi connectivity index (χ3v) is 6.16. The quantitative estimate of drug-likeness (QED) is 0.716. The van der Waals surface area contributed by atoms with Crippen LogP contribution < -0.4 is 15.0 Å². The first-order valence-electron chi connectivity index (χ1n) is 9.69. The zero-order valence-corrected chi connectivity index (χ0v) is 16.1. The maximum atomic E-state index is 9.51. The van der Waals surface area contributed by atoms with Crippen molar-refractivity contribution in [2.75, 3.05) is 63.7 Å². The van der Waals surface area contributed by atoms with Gasteiger partial charge in [0.1, 0.15) is 5.75 Å². The number of methoxy groups -OCH3 is 1. The van der Waals surface area contributed by atoms with E-state index in [0.717, 1.165) is 24.5 Å². The van der Waals surface area contributed by atoms with E-state index in [0.29, 0.717) is 12.0 Å². The van der Waals surface area contributed by atoms with E-state index in [2.05, 4.69) is 34.3 Å². The molecule has 0 radical (unpaired) electrons. The van der Waals surface area contributed by atoms with Crippen LogP contribution in [0, 0.1) is 5.41 Å². The number of nitrogens with zero attached hydrogens (tertiary/aromatic N) is 2. The molecule has 0 saturated carbocycles. The van der Waals surface area contributed by atoms with Crippen LogP contribution in [-0.4, -0.2) is 74.7 Å². The van der Waals surface area contributed by atoms with Gasteiger partial charge in [-0.25, -0.2) is 0 Å². The molecule has 6 nitrogen and oxygen atoms in total. The summed E-state index contributed by atoms with van der Waals surface area (Å²) in [6, 6.07) is 6.18. The number of anilines is 2. The molecule has 3 rings (SSSR count). The monoisotopic (exact) mass is 363 g/mol. The van der Waals surface area contributed by atoms with Gasteiger partial charge >= 0.3 is 0 Å². The number of aliphatic hydroxyl groups excluding tert-OH is 2. The van der Waals surface area contributed by atoms with Gasteiger partial charge in [0.15, 0.2) is 0 Å². The molecule has 2 aliphatic rings. The number of hydrogen-bond donors (Lipinski definition) is 3. The topological polar surface area (TPSA) is 68.2 Å². The van der Waals surface area contributed by atoms with Gasteiger partial charge in [-0.2, -0.15) is 0 Å². The Balaban J connectivity index is 1.61. The molecule has 0 amide bonds. The summed E-state index contributed by atoms with van der Waals surface area (Å²) in [7, 11) is 3.89. The summed E-state index contributed by atoms with van der Waals surface area (Å²) in [6.07, 6.45) is 4.43. The van der Waals surface area contributed by atoms with Crippen molar-refractivity contribution in [3.63, 3.8) is 0 Å². The van der Waals surface area contributed by atoms with Gasteiger partial charge in [-0.05, 0) is 63.4 Å². The van der Waals surface area contributed by atoms with Gasteiger partial charge in [0, 0.05) is 31.4 Å². The van der Waals surface area contributed by atoms with E-state index in [4.69, 9.17) is 9.84 Å². The van der Waals surface area contributed by atoms with E-state index in [9.17, 15) is 5.11 Å². The summed E-state index contributed by atoms with van der Waals surface area (Å²) in [5.74, 6) is 0.771. The summed E-state index contributed by atoms with van der Waals surface area (Å²) < 4.78 is 5.53. The fourth-order valence-electron chi connectivity index (χ4n) is 4.15. The second kappa shape index (κ2) is 8.46. The van der Waals surface area contributed by atoms with Crippen LogP contribution >= 0.6 is 0 Å². The predicted molar refractivity (Wildman–Crippen MR) is 105 cm³/mol. The largest absolute Gasteiger partial charge is 0.495 e. The molecule has 1 aromatic carbocycles. The van der Waals surface area contributed by atoms with Gasteiger partial charge in [-0.3, -0.25) is 0 Å². The van der Waals surface area contributed by atoms with Gasteiger partial charge in [0.2, 0.25) is 0 Å². The van der Waals surface area contributed by atoms with Gasteiger partial charge in [0.25, 0.3) is 0 Å². The first-order chi connectivity index (χ1) is 12.5. The van der Waals surface area contributed by atoms with E-state index in [-0.39, 0.29) is 6.61 Å². The maximum Gasteiger partial charge on any atom is 0.144 e. The molecule has 26 heavy (non-hydrogen) atoms. The fourth-order valence-corrected chi connectivity index (χ4v) is 4.15. The fraction of sp³-hybridized carbons (Fsp3) is 0.700. The highest BCUT2D eigenvalue weighted by atomic mass is 16.5. The van der Waals surface area contributed by atoms with Crippen LogP contribution in [0.3, 0.4) is 0 Å². The van der Waals surface area contributed by atoms with Gasteiger partial charge < -0.3 is 30.1 Å². The second-order valence-electron chi connectivity index (χ2n) is 7.89. The number of benzene rings is 1. The average Bonchev–Trinajstić information content (AvgIpc) is 2.69. The van der Waals surface area contributed by atoms with Gasteiger partial charge in [0.05, 0.1) is 25.5 Å². The van der Waals surface area contributed by atoms with Crippen molar-refractivity contribution in [1.82, 2.24) is 4.90 Å². The SMILES string of the molecule is COc1cc(N2CCC3(CCN(C)CC3)CC2)ccc1NCC(O)CO. The molecule has 1 atom stereocenters. The first-order valence-corrected chi connectivity index (χ1v) is 9.69. The Kier molecular flexibility index (Phi) is 6.27. The Morgan fingerprint density at radius 3 is 2.42 bits per heavy atom. The van der Waals surface area contributed by atoms with Crippen molar-refractivity contribution in [3.05, 3.63) is 18.2 Å². The summed E-state index contributed by atoms with van der Waals surface area (Å²) in [4.78, 5) is 4.90. The van der Waals surface area contributed by atoms with Crippen molar-refractivity contribution >= 4 is 11.4 Å². The van der Waals surface area contributed by atoms with E-state index >= 15 is 0 Å². The lowest BCUT2D eigenvalue weighted by molar-refractivity contribution is 0.0945. The highest BCUT2D eigenvalue weighted by Crippen LogP contribution is 2.42. The molecule has 1 unspecified atom stereocenters. The molecule has 2 heterocycles.